The molecule has 0 saturated carbocycles. The number of methoxy groups -OCH3 is 2. The Hall–Kier alpha value is -4.06. The van der Waals surface area contributed by atoms with Crippen LogP contribution in [0.2, 0.25) is 0 Å². The molecule has 1 amide bonds. The van der Waals surface area contributed by atoms with Crippen molar-refractivity contribution in [2.24, 2.45) is 0 Å². The molecule has 6 heteroatoms. The second-order valence-corrected chi connectivity index (χ2v) is 8.90. The lowest BCUT2D eigenvalue weighted by Gasteiger charge is -2.25. The van der Waals surface area contributed by atoms with E-state index in [1.807, 2.05) is 74.5 Å². The van der Waals surface area contributed by atoms with Crippen LogP contribution in [0.4, 0.5) is 0 Å². The number of rotatable bonds is 6. The van der Waals surface area contributed by atoms with Gasteiger partial charge in [0.1, 0.15) is 17.1 Å². The summed E-state index contributed by atoms with van der Waals surface area (Å²) in [6, 6.07) is 18.5. The monoisotopic (exact) mass is 469 g/mol. The van der Waals surface area contributed by atoms with Gasteiger partial charge < -0.3 is 18.8 Å². The second-order valence-electron chi connectivity index (χ2n) is 8.90. The molecule has 178 valence electrons. The van der Waals surface area contributed by atoms with Crippen LogP contribution >= 0.6 is 0 Å². The van der Waals surface area contributed by atoms with Crippen LogP contribution in [0.3, 0.4) is 0 Å². The van der Waals surface area contributed by atoms with Crippen LogP contribution in [0, 0.1) is 13.8 Å². The molecule has 6 nitrogen and oxygen atoms in total. The summed E-state index contributed by atoms with van der Waals surface area (Å²) in [4.78, 5) is 29.2. The van der Waals surface area contributed by atoms with Gasteiger partial charge in [-0.3, -0.25) is 9.59 Å². The van der Waals surface area contributed by atoms with E-state index in [2.05, 4.69) is 0 Å². The molecule has 1 aliphatic heterocycles. The summed E-state index contributed by atoms with van der Waals surface area (Å²) in [5.74, 6) is 1.35. The number of nitrogens with zero attached hydrogens (tertiary/aromatic N) is 1. The van der Waals surface area contributed by atoms with E-state index < -0.39 is 6.04 Å². The average Bonchev–Trinajstić information content (AvgIpc) is 3.15. The number of hydrogen-bond donors (Lipinski definition) is 0. The Bertz CT molecular complexity index is 1470. The van der Waals surface area contributed by atoms with Crippen molar-refractivity contribution in [3.05, 3.63) is 104 Å². The van der Waals surface area contributed by atoms with Gasteiger partial charge >= 0.3 is 0 Å². The van der Waals surface area contributed by atoms with E-state index in [-0.39, 0.29) is 17.1 Å². The Morgan fingerprint density at radius 3 is 2.14 bits per heavy atom. The minimum Gasteiger partial charge on any atom is -0.497 e. The van der Waals surface area contributed by atoms with Crippen LogP contribution in [0.25, 0.3) is 11.0 Å². The van der Waals surface area contributed by atoms with Crippen LogP contribution in [0.5, 0.6) is 11.5 Å². The van der Waals surface area contributed by atoms with E-state index in [1.165, 1.54) is 0 Å². The average molecular weight is 470 g/mol. The van der Waals surface area contributed by atoms with Crippen molar-refractivity contribution in [2.45, 2.75) is 26.3 Å². The molecule has 3 aromatic carbocycles. The van der Waals surface area contributed by atoms with Gasteiger partial charge in [0.2, 0.25) is 5.76 Å². The molecule has 1 unspecified atom stereocenters. The molecule has 35 heavy (non-hydrogen) atoms. The summed E-state index contributed by atoms with van der Waals surface area (Å²) in [7, 11) is 3.24. The van der Waals surface area contributed by atoms with Gasteiger partial charge in [0.15, 0.2) is 5.43 Å². The first kappa shape index (κ1) is 22.7. The van der Waals surface area contributed by atoms with E-state index in [1.54, 1.807) is 19.1 Å². The van der Waals surface area contributed by atoms with Gasteiger partial charge in [0, 0.05) is 6.54 Å². The van der Waals surface area contributed by atoms with E-state index in [9.17, 15) is 9.59 Å². The molecular weight excluding hydrogens is 442 g/mol. The Morgan fingerprint density at radius 2 is 1.51 bits per heavy atom. The first-order valence-corrected chi connectivity index (χ1v) is 11.6. The number of aryl methyl sites for hydroxylation is 2. The van der Waals surface area contributed by atoms with Crippen LogP contribution in [0.15, 0.2) is 69.9 Å². The third-order valence-corrected chi connectivity index (χ3v) is 6.63. The van der Waals surface area contributed by atoms with Crippen molar-refractivity contribution in [3.8, 4) is 11.5 Å². The highest BCUT2D eigenvalue weighted by atomic mass is 16.5. The fraction of sp³-hybridized carbons (Fsp3) is 0.241. The highest BCUT2D eigenvalue weighted by molar-refractivity contribution is 5.99. The van der Waals surface area contributed by atoms with Gasteiger partial charge in [-0.05, 0) is 72.9 Å². The molecule has 1 aromatic heterocycles. The van der Waals surface area contributed by atoms with Gasteiger partial charge in [0.05, 0.1) is 31.2 Å². The Morgan fingerprint density at radius 1 is 0.886 bits per heavy atom. The minimum absolute atomic E-state index is 0.130. The molecule has 0 spiro atoms. The van der Waals surface area contributed by atoms with Crippen LogP contribution < -0.4 is 14.9 Å². The maximum atomic E-state index is 13.8. The molecule has 5 rings (SSSR count). The molecule has 1 aliphatic rings. The Labute approximate surface area is 203 Å². The maximum absolute atomic E-state index is 13.8. The normalized spacial score (nSPS) is 14.9. The standard InChI is InChI=1S/C29H27NO5/c1-17-15-18(2)27-23(16-17)26(31)24-25(20-7-11-22(34-4)12-8-20)30(29(32)28(24)35-27)14-13-19-5-9-21(33-3)10-6-19/h5-12,15-16,25H,13-14H2,1-4H3. The first-order chi connectivity index (χ1) is 16.9. The minimum atomic E-state index is -0.539. The summed E-state index contributed by atoms with van der Waals surface area (Å²) in [5.41, 5.74) is 4.43. The van der Waals surface area contributed by atoms with Crippen molar-refractivity contribution in [1.29, 1.82) is 0 Å². The summed E-state index contributed by atoms with van der Waals surface area (Å²) >= 11 is 0. The zero-order valence-electron chi connectivity index (χ0n) is 20.3. The second kappa shape index (κ2) is 8.95. The van der Waals surface area contributed by atoms with Crippen molar-refractivity contribution in [2.75, 3.05) is 20.8 Å². The van der Waals surface area contributed by atoms with Gasteiger partial charge in [-0.15, -0.1) is 0 Å². The molecule has 0 fully saturated rings. The lowest BCUT2D eigenvalue weighted by atomic mass is 9.97. The molecule has 0 aliphatic carbocycles. The molecule has 4 aromatic rings. The Balaban J connectivity index is 1.62. The quantitative estimate of drug-likeness (QED) is 0.388. The lowest BCUT2D eigenvalue weighted by molar-refractivity contribution is 0.0730. The predicted molar refractivity (Wildman–Crippen MR) is 135 cm³/mol. The number of hydrogen-bond acceptors (Lipinski definition) is 5. The fourth-order valence-corrected chi connectivity index (χ4v) is 4.88. The molecule has 0 saturated heterocycles. The first-order valence-electron chi connectivity index (χ1n) is 11.6. The number of carbonyl (C=O) groups is 1. The summed E-state index contributed by atoms with van der Waals surface area (Å²) in [6.07, 6.45) is 0.627. The molecule has 0 bridgehead atoms. The van der Waals surface area contributed by atoms with Crippen molar-refractivity contribution < 1.29 is 18.7 Å². The third-order valence-electron chi connectivity index (χ3n) is 6.63. The van der Waals surface area contributed by atoms with Crippen molar-refractivity contribution >= 4 is 16.9 Å². The molecule has 0 N–H and O–H groups in total. The molecular formula is C29H27NO5. The third kappa shape index (κ3) is 3.95. The SMILES string of the molecule is COc1ccc(CCN2C(=O)c3oc4c(C)cc(C)cc4c(=O)c3C2c2ccc(OC)cc2)cc1. The topological polar surface area (TPSA) is 69.0 Å². The summed E-state index contributed by atoms with van der Waals surface area (Å²) < 4.78 is 16.7. The van der Waals surface area contributed by atoms with Crippen molar-refractivity contribution in [3.63, 3.8) is 0 Å². The molecule has 1 atom stereocenters. The van der Waals surface area contributed by atoms with Gasteiger partial charge in [0.25, 0.3) is 5.91 Å². The van der Waals surface area contributed by atoms with E-state index >= 15 is 0 Å². The van der Waals surface area contributed by atoms with Gasteiger partial charge in [-0.2, -0.15) is 0 Å². The number of benzene rings is 3. The lowest BCUT2D eigenvalue weighted by Crippen LogP contribution is -2.31. The molecule has 0 radical (unpaired) electrons. The van der Waals surface area contributed by atoms with Crippen LogP contribution in [-0.2, 0) is 6.42 Å². The largest absolute Gasteiger partial charge is 0.497 e. The molecule has 2 heterocycles. The highest BCUT2D eigenvalue weighted by Gasteiger charge is 2.42. The highest BCUT2D eigenvalue weighted by Crippen LogP contribution is 2.39. The van der Waals surface area contributed by atoms with E-state index in [0.29, 0.717) is 35.2 Å². The van der Waals surface area contributed by atoms with E-state index in [4.69, 9.17) is 13.9 Å². The summed E-state index contributed by atoms with van der Waals surface area (Å²) in [5, 5.41) is 0.504. The number of fused-ring (bicyclic) bond motifs is 2. The van der Waals surface area contributed by atoms with E-state index in [0.717, 1.165) is 28.0 Å². The van der Waals surface area contributed by atoms with Gasteiger partial charge in [-0.1, -0.05) is 30.3 Å². The zero-order valence-corrected chi connectivity index (χ0v) is 20.3. The fourth-order valence-electron chi connectivity index (χ4n) is 4.88. The number of carbonyl (C=O) groups excluding carboxylic acids is 1. The van der Waals surface area contributed by atoms with Gasteiger partial charge in [-0.25, -0.2) is 0 Å². The predicted octanol–water partition coefficient (Wildman–Crippen LogP) is 5.21. The van der Waals surface area contributed by atoms with Crippen LogP contribution in [-0.4, -0.2) is 31.6 Å². The Kier molecular flexibility index (Phi) is 5.81. The maximum Gasteiger partial charge on any atom is 0.290 e. The number of ether oxygens (including phenoxy) is 2. The van der Waals surface area contributed by atoms with Crippen molar-refractivity contribution in [1.82, 2.24) is 4.90 Å². The van der Waals surface area contributed by atoms with Crippen LogP contribution in [0.1, 0.15) is 44.4 Å². The zero-order chi connectivity index (χ0) is 24.7. The summed E-state index contributed by atoms with van der Waals surface area (Å²) in [6.45, 7) is 4.28. The number of amides is 1. The smallest absolute Gasteiger partial charge is 0.290 e.